The second-order valence-electron chi connectivity index (χ2n) is 3.26. The summed E-state index contributed by atoms with van der Waals surface area (Å²) in [5.74, 6) is -0.936. The van der Waals surface area contributed by atoms with Crippen LogP contribution in [0, 0.1) is 0 Å². The number of hydrogen-bond acceptors (Lipinski definition) is 2. The van der Waals surface area contributed by atoms with Crippen molar-refractivity contribution < 1.29 is 9.90 Å². The van der Waals surface area contributed by atoms with Crippen molar-refractivity contribution in [2.75, 3.05) is 0 Å². The Kier molecular flexibility index (Phi) is 4.87. The molecule has 1 aromatic rings. The van der Waals surface area contributed by atoms with Gasteiger partial charge < -0.3 is 10.4 Å². The molecule has 3 nitrogen and oxygen atoms in total. The third-order valence-corrected chi connectivity index (χ3v) is 3.29. The van der Waals surface area contributed by atoms with Crippen molar-refractivity contribution in [1.29, 1.82) is 0 Å². The molecule has 0 bridgehead atoms. The van der Waals surface area contributed by atoms with Crippen LogP contribution in [-0.2, 0) is 11.3 Å². The van der Waals surface area contributed by atoms with Crippen LogP contribution < -0.4 is 5.32 Å². The molecule has 1 rings (SSSR count). The fraction of sp³-hybridized carbons (Fsp3) is 0.300. The minimum absolute atomic E-state index is 0.256. The van der Waals surface area contributed by atoms with E-state index in [9.17, 15) is 4.79 Å². The van der Waals surface area contributed by atoms with Crippen LogP contribution in [0.25, 0.3) is 0 Å². The van der Waals surface area contributed by atoms with Gasteiger partial charge in [-0.2, -0.15) is 0 Å². The van der Waals surface area contributed by atoms with E-state index >= 15 is 0 Å². The first-order valence-corrected chi connectivity index (χ1v) is 5.65. The number of carboxylic acid groups (broad SMARTS) is 1. The Morgan fingerprint density at radius 3 is 2.50 bits per heavy atom. The molecule has 0 aliphatic rings. The van der Waals surface area contributed by atoms with Gasteiger partial charge in [-0.1, -0.05) is 34.8 Å². The van der Waals surface area contributed by atoms with E-state index in [2.05, 4.69) is 5.32 Å². The van der Waals surface area contributed by atoms with Gasteiger partial charge in [0.1, 0.15) is 6.04 Å². The Bertz CT molecular complexity index is 409. The van der Waals surface area contributed by atoms with Gasteiger partial charge in [0.05, 0.1) is 10.0 Å². The zero-order valence-electron chi connectivity index (χ0n) is 8.43. The molecule has 0 aromatic heterocycles. The summed E-state index contributed by atoms with van der Waals surface area (Å²) in [6, 6.07) is 2.54. The molecule has 0 heterocycles. The normalized spacial score (nSPS) is 12.5. The molecule has 1 atom stereocenters. The monoisotopic (exact) mass is 281 g/mol. The highest BCUT2D eigenvalue weighted by Gasteiger charge is 2.13. The Morgan fingerprint density at radius 2 is 1.94 bits per heavy atom. The van der Waals surface area contributed by atoms with E-state index in [1.54, 1.807) is 12.1 Å². The van der Waals surface area contributed by atoms with E-state index < -0.39 is 12.0 Å². The fourth-order valence-electron chi connectivity index (χ4n) is 1.07. The highest BCUT2D eigenvalue weighted by Crippen LogP contribution is 2.31. The third kappa shape index (κ3) is 3.25. The van der Waals surface area contributed by atoms with Crippen molar-refractivity contribution >= 4 is 40.8 Å². The first-order chi connectivity index (χ1) is 7.43. The number of carboxylic acids is 1. The predicted octanol–water partition coefficient (Wildman–Crippen LogP) is 3.21. The van der Waals surface area contributed by atoms with Crippen LogP contribution in [0.15, 0.2) is 12.1 Å². The number of benzene rings is 1. The second-order valence-corrected chi connectivity index (χ2v) is 4.45. The number of rotatable bonds is 4. The number of halogens is 3. The molecule has 2 N–H and O–H groups in total. The predicted molar refractivity (Wildman–Crippen MR) is 65.4 cm³/mol. The van der Waals surface area contributed by atoms with Crippen molar-refractivity contribution in [1.82, 2.24) is 5.32 Å². The van der Waals surface area contributed by atoms with Crippen molar-refractivity contribution in [2.45, 2.75) is 19.5 Å². The minimum Gasteiger partial charge on any atom is -0.480 e. The summed E-state index contributed by atoms with van der Waals surface area (Å²) in [5, 5.41) is 12.7. The summed E-state index contributed by atoms with van der Waals surface area (Å²) < 4.78 is 0. The average molecular weight is 283 g/mol. The molecule has 1 aromatic carbocycles. The highest BCUT2D eigenvalue weighted by atomic mass is 35.5. The smallest absolute Gasteiger partial charge is 0.320 e. The first kappa shape index (κ1) is 13.6. The zero-order valence-corrected chi connectivity index (χ0v) is 10.7. The molecule has 0 aliphatic carbocycles. The summed E-state index contributed by atoms with van der Waals surface area (Å²) in [6.07, 6.45) is 0. The minimum atomic E-state index is -0.936. The molecule has 0 fully saturated rings. The van der Waals surface area contributed by atoms with Crippen LogP contribution >= 0.6 is 34.8 Å². The van der Waals surface area contributed by atoms with E-state index in [0.29, 0.717) is 20.6 Å². The van der Waals surface area contributed by atoms with Crippen molar-refractivity contribution in [2.24, 2.45) is 0 Å². The number of nitrogens with one attached hydrogen (secondary N) is 1. The van der Waals surface area contributed by atoms with E-state index in [1.807, 2.05) is 0 Å². The number of aliphatic carboxylic acids is 1. The molecule has 0 saturated carbocycles. The lowest BCUT2D eigenvalue weighted by atomic mass is 10.2. The molecule has 6 heteroatoms. The molecule has 0 aliphatic heterocycles. The SMILES string of the molecule is CC(NCc1c(Cl)ccc(Cl)c1Cl)C(=O)O. The standard InChI is InChI=1S/C10H10Cl3NO2/c1-5(10(15)16)14-4-6-7(11)2-3-8(12)9(6)13/h2-3,5,14H,4H2,1H3,(H,15,16). The van der Waals surface area contributed by atoms with Crippen LogP contribution in [0.4, 0.5) is 0 Å². The summed E-state index contributed by atoms with van der Waals surface area (Å²) in [5.41, 5.74) is 0.601. The van der Waals surface area contributed by atoms with Gasteiger partial charge in [-0.05, 0) is 19.1 Å². The first-order valence-electron chi connectivity index (χ1n) is 4.52. The summed E-state index contributed by atoms with van der Waals surface area (Å²) >= 11 is 17.7. The van der Waals surface area contributed by atoms with Gasteiger partial charge in [0.2, 0.25) is 0 Å². The maximum Gasteiger partial charge on any atom is 0.320 e. The van der Waals surface area contributed by atoms with E-state index in [0.717, 1.165) is 0 Å². The molecular formula is C10H10Cl3NO2. The largest absolute Gasteiger partial charge is 0.480 e. The van der Waals surface area contributed by atoms with Crippen LogP contribution in [-0.4, -0.2) is 17.1 Å². The Hall–Kier alpha value is -0.480. The van der Waals surface area contributed by atoms with E-state index in [1.165, 1.54) is 6.92 Å². The van der Waals surface area contributed by atoms with Gasteiger partial charge in [0, 0.05) is 17.1 Å². The van der Waals surface area contributed by atoms with Crippen LogP contribution in [0.3, 0.4) is 0 Å². The quantitative estimate of drug-likeness (QED) is 0.834. The van der Waals surface area contributed by atoms with Crippen molar-refractivity contribution in [3.05, 3.63) is 32.8 Å². The summed E-state index contributed by atoms with van der Waals surface area (Å²) in [7, 11) is 0. The van der Waals surface area contributed by atoms with Crippen LogP contribution in [0.5, 0.6) is 0 Å². The maximum atomic E-state index is 10.6. The lowest BCUT2D eigenvalue weighted by Crippen LogP contribution is -2.33. The fourth-order valence-corrected chi connectivity index (χ4v) is 1.75. The molecule has 1 unspecified atom stereocenters. The Labute approximate surface area is 108 Å². The van der Waals surface area contributed by atoms with Crippen molar-refractivity contribution in [3.8, 4) is 0 Å². The molecule has 0 spiro atoms. The summed E-state index contributed by atoms with van der Waals surface area (Å²) in [6.45, 7) is 1.79. The van der Waals surface area contributed by atoms with Gasteiger partial charge in [-0.15, -0.1) is 0 Å². The molecular weight excluding hydrogens is 272 g/mol. The van der Waals surface area contributed by atoms with Gasteiger partial charge in [-0.3, -0.25) is 4.79 Å². The number of carbonyl (C=O) groups is 1. The topological polar surface area (TPSA) is 49.3 Å². The second kappa shape index (κ2) is 5.73. The number of hydrogen-bond donors (Lipinski definition) is 2. The molecule has 88 valence electrons. The highest BCUT2D eigenvalue weighted by molar-refractivity contribution is 6.44. The van der Waals surface area contributed by atoms with Gasteiger partial charge in [0.25, 0.3) is 0 Å². The van der Waals surface area contributed by atoms with Gasteiger partial charge in [-0.25, -0.2) is 0 Å². The Morgan fingerprint density at radius 1 is 1.38 bits per heavy atom. The lowest BCUT2D eigenvalue weighted by molar-refractivity contribution is -0.139. The summed E-state index contributed by atoms with van der Waals surface area (Å²) in [4.78, 5) is 10.6. The van der Waals surface area contributed by atoms with Gasteiger partial charge >= 0.3 is 5.97 Å². The lowest BCUT2D eigenvalue weighted by Gasteiger charge is -2.12. The zero-order chi connectivity index (χ0) is 12.3. The van der Waals surface area contributed by atoms with E-state index in [4.69, 9.17) is 39.9 Å². The van der Waals surface area contributed by atoms with Crippen LogP contribution in [0.1, 0.15) is 12.5 Å². The Balaban J connectivity index is 2.81. The average Bonchev–Trinajstić information content (AvgIpc) is 2.23. The molecule has 0 radical (unpaired) electrons. The maximum absolute atomic E-state index is 10.6. The molecule has 16 heavy (non-hydrogen) atoms. The molecule has 0 saturated heterocycles. The molecule has 0 amide bonds. The van der Waals surface area contributed by atoms with Gasteiger partial charge in [0.15, 0.2) is 0 Å². The van der Waals surface area contributed by atoms with E-state index in [-0.39, 0.29) is 6.54 Å². The van der Waals surface area contributed by atoms with Crippen LogP contribution in [0.2, 0.25) is 15.1 Å². The van der Waals surface area contributed by atoms with Crippen molar-refractivity contribution in [3.63, 3.8) is 0 Å². The third-order valence-electron chi connectivity index (χ3n) is 2.09.